The Morgan fingerprint density at radius 2 is 2.07 bits per heavy atom. The lowest BCUT2D eigenvalue weighted by molar-refractivity contribution is 0.386. The van der Waals surface area contributed by atoms with Gasteiger partial charge >= 0.3 is 0 Å². The molecule has 0 saturated heterocycles. The number of nitrogens with one attached hydrogen (secondary N) is 2. The molecule has 0 aliphatic rings. The number of ether oxygens (including phenoxy) is 1. The number of hydrogen-bond acceptors (Lipinski definition) is 5. The summed E-state index contributed by atoms with van der Waals surface area (Å²) in [6.07, 6.45) is 3.00. The zero-order valence-corrected chi connectivity index (χ0v) is 15.3. The Labute approximate surface area is 156 Å². The summed E-state index contributed by atoms with van der Waals surface area (Å²) >= 11 is 0. The van der Waals surface area contributed by atoms with E-state index in [4.69, 9.17) is 4.74 Å². The zero-order valence-electron chi connectivity index (χ0n) is 15.3. The average Bonchev–Trinajstić information content (AvgIpc) is 2.68. The lowest BCUT2D eigenvalue weighted by Gasteiger charge is -2.08. The normalized spacial score (nSPS) is 10.6. The first-order valence-corrected chi connectivity index (χ1v) is 8.72. The van der Waals surface area contributed by atoms with Crippen LogP contribution >= 0.6 is 0 Å². The number of nitrogens with zero attached hydrogens (tertiary/aromatic N) is 2. The van der Waals surface area contributed by atoms with Gasteiger partial charge in [-0.25, -0.2) is 14.4 Å². The second kappa shape index (κ2) is 8.44. The van der Waals surface area contributed by atoms with Crippen LogP contribution in [0.5, 0.6) is 5.75 Å². The van der Waals surface area contributed by atoms with Crippen molar-refractivity contribution >= 4 is 5.82 Å². The summed E-state index contributed by atoms with van der Waals surface area (Å²) in [6, 6.07) is 10.1. The van der Waals surface area contributed by atoms with E-state index in [-0.39, 0.29) is 17.1 Å². The number of anilines is 1. The molecule has 27 heavy (non-hydrogen) atoms. The molecule has 6 nitrogen and oxygen atoms in total. The minimum Gasteiger partial charge on any atom is -0.494 e. The van der Waals surface area contributed by atoms with Gasteiger partial charge in [-0.1, -0.05) is 13.0 Å². The van der Waals surface area contributed by atoms with E-state index in [1.54, 1.807) is 12.3 Å². The number of H-pyrrole nitrogens is 1. The van der Waals surface area contributed by atoms with E-state index < -0.39 is 0 Å². The predicted octanol–water partition coefficient (Wildman–Crippen LogP) is 3.20. The quantitative estimate of drug-likeness (QED) is 0.669. The smallest absolute Gasteiger partial charge is 0.251 e. The fourth-order valence-electron chi connectivity index (χ4n) is 2.66. The van der Waals surface area contributed by atoms with Crippen LogP contribution in [-0.2, 0) is 12.8 Å². The summed E-state index contributed by atoms with van der Waals surface area (Å²) in [6.45, 7) is 2.56. The molecule has 0 spiro atoms. The number of methoxy groups -OCH3 is 1. The summed E-state index contributed by atoms with van der Waals surface area (Å²) in [5.41, 5.74) is 2.18. The molecule has 0 amide bonds. The van der Waals surface area contributed by atoms with Crippen LogP contribution < -0.4 is 15.6 Å². The second-order valence-electron chi connectivity index (χ2n) is 6.02. The number of rotatable bonds is 7. The largest absolute Gasteiger partial charge is 0.494 e. The topological polar surface area (TPSA) is 79.9 Å². The molecule has 0 fully saturated rings. The van der Waals surface area contributed by atoms with E-state index in [1.807, 2.05) is 25.1 Å². The van der Waals surface area contributed by atoms with Gasteiger partial charge in [-0.05, 0) is 42.7 Å². The molecule has 0 saturated carbocycles. The summed E-state index contributed by atoms with van der Waals surface area (Å²) < 4.78 is 18.6. The van der Waals surface area contributed by atoms with Crippen molar-refractivity contribution in [2.24, 2.45) is 0 Å². The third kappa shape index (κ3) is 4.69. The summed E-state index contributed by atoms with van der Waals surface area (Å²) in [5.74, 6) is 1.07. The van der Waals surface area contributed by atoms with Gasteiger partial charge in [-0.3, -0.25) is 4.79 Å². The number of aryl methyl sites for hydroxylation is 1. The van der Waals surface area contributed by atoms with Gasteiger partial charge in [0.05, 0.1) is 7.11 Å². The Kier molecular flexibility index (Phi) is 5.80. The van der Waals surface area contributed by atoms with E-state index >= 15 is 0 Å². The maximum atomic E-state index is 13.7. The van der Waals surface area contributed by atoms with E-state index in [1.165, 1.54) is 19.2 Å². The lowest BCUT2D eigenvalue weighted by Crippen LogP contribution is -2.10. The SMILES string of the molecule is CCc1cc(=O)[nH]c(-c2ccc(NCCc3ccc(OC)c(F)c3)nc2)n1. The lowest BCUT2D eigenvalue weighted by atomic mass is 10.1. The molecule has 140 valence electrons. The van der Waals surface area contributed by atoms with E-state index in [0.29, 0.717) is 31.0 Å². The van der Waals surface area contributed by atoms with Crippen molar-refractivity contribution in [1.82, 2.24) is 15.0 Å². The van der Waals surface area contributed by atoms with E-state index in [0.717, 1.165) is 16.8 Å². The van der Waals surface area contributed by atoms with E-state index in [2.05, 4.69) is 20.3 Å². The molecule has 2 N–H and O–H groups in total. The summed E-state index contributed by atoms with van der Waals surface area (Å²) in [5, 5.41) is 3.20. The maximum Gasteiger partial charge on any atom is 0.251 e. The van der Waals surface area contributed by atoms with Crippen molar-refractivity contribution in [2.45, 2.75) is 19.8 Å². The molecule has 0 unspecified atom stereocenters. The van der Waals surface area contributed by atoms with Gasteiger partial charge < -0.3 is 15.0 Å². The first-order chi connectivity index (χ1) is 13.1. The molecule has 1 aromatic carbocycles. The van der Waals surface area contributed by atoms with Gasteiger partial charge in [0, 0.05) is 30.1 Å². The first kappa shape index (κ1) is 18.6. The highest BCUT2D eigenvalue weighted by molar-refractivity contribution is 5.55. The van der Waals surface area contributed by atoms with Crippen molar-refractivity contribution in [1.29, 1.82) is 0 Å². The number of pyridine rings is 1. The van der Waals surface area contributed by atoms with Crippen LogP contribution in [0.1, 0.15) is 18.2 Å². The minimum atomic E-state index is -0.367. The molecule has 0 bridgehead atoms. The Morgan fingerprint density at radius 3 is 2.74 bits per heavy atom. The Hall–Kier alpha value is -3.22. The monoisotopic (exact) mass is 368 g/mol. The molecular weight excluding hydrogens is 347 g/mol. The van der Waals surface area contributed by atoms with Gasteiger partial charge in [0.2, 0.25) is 0 Å². The highest BCUT2D eigenvalue weighted by Crippen LogP contribution is 2.18. The predicted molar refractivity (Wildman–Crippen MR) is 103 cm³/mol. The van der Waals surface area contributed by atoms with Gasteiger partial charge in [-0.15, -0.1) is 0 Å². The van der Waals surface area contributed by atoms with Gasteiger partial charge in [0.15, 0.2) is 11.6 Å². The van der Waals surface area contributed by atoms with Crippen LogP contribution in [0.15, 0.2) is 47.4 Å². The number of hydrogen-bond donors (Lipinski definition) is 2. The third-order valence-electron chi connectivity index (χ3n) is 4.13. The maximum absolute atomic E-state index is 13.7. The Balaban J connectivity index is 1.62. The van der Waals surface area contributed by atoms with E-state index in [9.17, 15) is 9.18 Å². The van der Waals surface area contributed by atoms with Gasteiger partial charge in [0.25, 0.3) is 5.56 Å². The van der Waals surface area contributed by atoms with Crippen molar-refractivity contribution in [3.05, 3.63) is 70.0 Å². The standard InChI is InChI=1S/C20H21FN4O2/c1-3-15-11-19(26)25-20(24-15)14-5-7-18(23-12-14)22-9-8-13-4-6-17(27-2)16(21)10-13/h4-7,10-12H,3,8-9H2,1-2H3,(H,22,23)(H,24,25,26). The van der Waals surface area contributed by atoms with Crippen LogP contribution in [-0.4, -0.2) is 28.6 Å². The highest BCUT2D eigenvalue weighted by atomic mass is 19.1. The molecule has 3 rings (SSSR count). The van der Waals surface area contributed by atoms with Gasteiger partial charge in [-0.2, -0.15) is 0 Å². The van der Waals surface area contributed by atoms with Crippen molar-refractivity contribution in [3.63, 3.8) is 0 Å². The zero-order chi connectivity index (χ0) is 19.2. The molecule has 0 radical (unpaired) electrons. The second-order valence-corrected chi connectivity index (χ2v) is 6.02. The molecule has 0 aliphatic heterocycles. The third-order valence-corrected chi connectivity index (χ3v) is 4.13. The molecular formula is C20H21FN4O2. The molecule has 3 aromatic rings. The minimum absolute atomic E-state index is 0.175. The number of aromatic amines is 1. The molecule has 0 aliphatic carbocycles. The number of halogens is 1. The van der Waals surface area contributed by atoms with Crippen LogP contribution in [0.4, 0.5) is 10.2 Å². The number of aromatic nitrogens is 3. The Morgan fingerprint density at radius 1 is 1.22 bits per heavy atom. The first-order valence-electron chi connectivity index (χ1n) is 8.72. The number of benzene rings is 1. The van der Waals surface area contributed by atoms with Crippen LogP contribution in [0, 0.1) is 5.82 Å². The van der Waals surface area contributed by atoms with Crippen LogP contribution in [0.3, 0.4) is 0 Å². The highest BCUT2D eigenvalue weighted by Gasteiger charge is 2.05. The van der Waals surface area contributed by atoms with Crippen molar-refractivity contribution < 1.29 is 9.13 Å². The molecule has 2 heterocycles. The fourth-order valence-corrected chi connectivity index (χ4v) is 2.66. The molecule has 0 atom stereocenters. The van der Waals surface area contributed by atoms with Crippen LogP contribution in [0.25, 0.3) is 11.4 Å². The summed E-state index contributed by atoms with van der Waals surface area (Å²) in [4.78, 5) is 23.2. The molecule has 2 aromatic heterocycles. The fraction of sp³-hybridized carbons (Fsp3) is 0.250. The van der Waals surface area contributed by atoms with Crippen molar-refractivity contribution in [2.75, 3.05) is 19.0 Å². The van der Waals surface area contributed by atoms with Crippen molar-refractivity contribution in [3.8, 4) is 17.1 Å². The van der Waals surface area contributed by atoms with Crippen LogP contribution in [0.2, 0.25) is 0 Å². The Bertz CT molecular complexity index is 970. The average molecular weight is 368 g/mol. The van der Waals surface area contributed by atoms with Gasteiger partial charge in [0.1, 0.15) is 11.6 Å². The molecule has 7 heteroatoms. The summed E-state index contributed by atoms with van der Waals surface area (Å²) in [7, 11) is 1.44.